The largest absolute Gasteiger partial charge is 0.394 e. The molecule has 2 unspecified atom stereocenters. The number of nitrogens with one attached hydrogen (secondary N) is 1. The van der Waals surface area contributed by atoms with Gasteiger partial charge in [0.2, 0.25) is 11.8 Å². The Balaban J connectivity index is 2.42. The van der Waals surface area contributed by atoms with Crippen molar-refractivity contribution in [3.63, 3.8) is 0 Å². The highest BCUT2D eigenvalue weighted by molar-refractivity contribution is 5.76. The predicted molar refractivity (Wildman–Crippen MR) is 108 cm³/mol. The number of hydrogen-bond donors (Lipinski definition) is 5. The number of amides is 2. The maximum Gasteiger partial charge on any atom is 0.222 e. The predicted octanol–water partition coefficient (Wildman–Crippen LogP) is -0.872. The topological polar surface area (TPSA) is 149 Å². The minimum absolute atomic E-state index is 0.00256. The first-order valence-electron chi connectivity index (χ1n) is 10.7. The summed E-state index contributed by atoms with van der Waals surface area (Å²) in [6, 6.07) is -0.904. The summed E-state index contributed by atoms with van der Waals surface area (Å²) in [7, 11) is 0. The molecule has 1 fully saturated rings. The zero-order valence-corrected chi connectivity index (χ0v) is 18.0. The molecule has 0 aromatic heterocycles. The van der Waals surface area contributed by atoms with E-state index in [0.717, 1.165) is 19.3 Å². The second kappa shape index (κ2) is 14.7. The quantitative estimate of drug-likeness (QED) is 0.165. The fourth-order valence-electron chi connectivity index (χ4n) is 3.44. The second-order valence-corrected chi connectivity index (χ2v) is 7.70. The molecule has 5 N–H and O–H groups in total. The van der Waals surface area contributed by atoms with E-state index >= 15 is 0 Å². The minimum atomic E-state index is -1.04. The molecule has 2 amide bonds. The van der Waals surface area contributed by atoms with Gasteiger partial charge in [-0.3, -0.25) is 9.59 Å². The molecule has 30 heavy (non-hydrogen) atoms. The third-order valence-electron chi connectivity index (χ3n) is 5.17. The molecule has 1 rings (SSSR count). The lowest BCUT2D eigenvalue weighted by atomic mass is 10.1. The number of ether oxygens (including phenoxy) is 2. The fraction of sp³-hybridized carbons (Fsp3) is 0.900. The Morgan fingerprint density at radius 1 is 1.17 bits per heavy atom. The Hall–Kier alpha value is -1.30. The van der Waals surface area contributed by atoms with Crippen molar-refractivity contribution in [3.8, 4) is 0 Å². The summed E-state index contributed by atoms with van der Waals surface area (Å²) in [5.41, 5.74) is 0. The van der Waals surface area contributed by atoms with Crippen LogP contribution in [0.4, 0.5) is 0 Å². The van der Waals surface area contributed by atoms with Crippen molar-refractivity contribution in [2.24, 2.45) is 0 Å². The highest BCUT2D eigenvalue weighted by Gasteiger charge is 2.29. The van der Waals surface area contributed by atoms with Crippen LogP contribution in [0, 0.1) is 0 Å². The maximum absolute atomic E-state index is 12.3. The van der Waals surface area contributed by atoms with Crippen molar-refractivity contribution in [1.82, 2.24) is 10.2 Å². The van der Waals surface area contributed by atoms with E-state index in [-0.39, 0.29) is 31.1 Å². The summed E-state index contributed by atoms with van der Waals surface area (Å²) in [6.45, 7) is 2.85. The minimum Gasteiger partial charge on any atom is -0.394 e. The Morgan fingerprint density at radius 2 is 1.90 bits per heavy atom. The molecule has 1 heterocycles. The zero-order valence-electron chi connectivity index (χ0n) is 18.0. The van der Waals surface area contributed by atoms with E-state index in [9.17, 15) is 30.0 Å². The molecule has 5 atom stereocenters. The second-order valence-electron chi connectivity index (χ2n) is 7.70. The van der Waals surface area contributed by atoms with Crippen molar-refractivity contribution in [1.29, 1.82) is 0 Å². The monoisotopic (exact) mass is 434 g/mol. The third kappa shape index (κ3) is 9.23. The molecule has 0 spiro atoms. The molecule has 0 aromatic rings. The average Bonchev–Trinajstić information content (AvgIpc) is 3.19. The van der Waals surface area contributed by atoms with Gasteiger partial charge in [-0.1, -0.05) is 6.42 Å². The van der Waals surface area contributed by atoms with Gasteiger partial charge in [0.25, 0.3) is 0 Å². The maximum atomic E-state index is 12.3. The number of aliphatic hydroxyl groups excluding tert-OH is 4. The molecule has 0 bridgehead atoms. The summed E-state index contributed by atoms with van der Waals surface area (Å²) in [4.78, 5) is 25.4. The first-order valence-corrected chi connectivity index (χ1v) is 10.7. The molecule has 176 valence electrons. The van der Waals surface area contributed by atoms with Gasteiger partial charge in [-0.05, 0) is 32.6 Å². The highest BCUT2D eigenvalue weighted by Crippen LogP contribution is 2.18. The molecule has 1 saturated heterocycles. The van der Waals surface area contributed by atoms with Crippen molar-refractivity contribution >= 4 is 11.8 Å². The van der Waals surface area contributed by atoms with Gasteiger partial charge in [0, 0.05) is 26.5 Å². The first-order chi connectivity index (χ1) is 14.3. The Labute approximate surface area is 178 Å². The number of hydrogen-bond acceptors (Lipinski definition) is 8. The van der Waals surface area contributed by atoms with Gasteiger partial charge in [0.05, 0.1) is 32.0 Å². The summed E-state index contributed by atoms with van der Waals surface area (Å²) in [6.07, 6.45) is 1.32. The van der Waals surface area contributed by atoms with Crippen molar-refractivity contribution in [3.05, 3.63) is 0 Å². The van der Waals surface area contributed by atoms with Crippen LogP contribution in [0.15, 0.2) is 0 Å². The molecule has 1 aliphatic heterocycles. The smallest absolute Gasteiger partial charge is 0.222 e. The van der Waals surface area contributed by atoms with E-state index in [1.54, 1.807) is 4.90 Å². The molecular weight excluding hydrogens is 396 g/mol. The number of carbonyl (C=O) groups excluding carboxylic acids is 2. The van der Waals surface area contributed by atoms with E-state index in [1.165, 1.54) is 13.8 Å². The van der Waals surface area contributed by atoms with Crippen LogP contribution in [0.1, 0.15) is 52.4 Å². The highest BCUT2D eigenvalue weighted by atomic mass is 16.7. The number of carbonyl (C=O) groups is 2. The van der Waals surface area contributed by atoms with Crippen LogP contribution < -0.4 is 5.32 Å². The number of likely N-dealkylation sites (tertiary alicyclic amines) is 1. The van der Waals surface area contributed by atoms with Crippen LogP contribution in [0.2, 0.25) is 0 Å². The lowest BCUT2D eigenvalue weighted by molar-refractivity contribution is -0.214. The van der Waals surface area contributed by atoms with E-state index in [1.807, 2.05) is 0 Å². The summed E-state index contributed by atoms with van der Waals surface area (Å²) in [5, 5.41) is 40.4. The SMILES string of the molecule is CC(=O)N[C@@H](CO)C(OCCCCCC(=O)N1CCC[C@H]1CO)OC(CO)[C@@H](C)O. The van der Waals surface area contributed by atoms with E-state index in [0.29, 0.717) is 25.8 Å². The molecular formula is C20H38N2O8. The number of nitrogens with zero attached hydrogens (tertiary/aromatic N) is 1. The molecule has 0 aromatic carbocycles. The summed E-state index contributed by atoms with van der Waals surface area (Å²) < 4.78 is 11.2. The molecule has 0 radical (unpaired) electrons. The van der Waals surface area contributed by atoms with Gasteiger partial charge < -0.3 is 40.1 Å². The molecule has 10 heteroatoms. The van der Waals surface area contributed by atoms with Crippen LogP contribution in [0.3, 0.4) is 0 Å². The van der Waals surface area contributed by atoms with Gasteiger partial charge in [0.1, 0.15) is 12.1 Å². The Bertz CT molecular complexity index is 505. The molecule has 10 nitrogen and oxygen atoms in total. The Kier molecular flexibility index (Phi) is 13.1. The van der Waals surface area contributed by atoms with Gasteiger partial charge in [-0.25, -0.2) is 0 Å². The summed E-state index contributed by atoms with van der Waals surface area (Å²) >= 11 is 0. The lowest BCUT2D eigenvalue weighted by Crippen LogP contribution is -2.50. The van der Waals surface area contributed by atoms with Crippen molar-refractivity contribution < 1.29 is 39.5 Å². The first kappa shape index (κ1) is 26.7. The van der Waals surface area contributed by atoms with Crippen LogP contribution in [0.25, 0.3) is 0 Å². The van der Waals surface area contributed by atoms with Crippen LogP contribution in [0.5, 0.6) is 0 Å². The molecule has 0 aliphatic carbocycles. The number of unbranched alkanes of at least 4 members (excludes halogenated alkanes) is 2. The molecule has 1 aliphatic rings. The number of rotatable bonds is 15. The van der Waals surface area contributed by atoms with Crippen molar-refractivity contribution in [2.45, 2.75) is 83.0 Å². The van der Waals surface area contributed by atoms with E-state index < -0.39 is 37.8 Å². The van der Waals surface area contributed by atoms with Crippen LogP contribution >= 0.6 is 0 Å². The zero-order chi connectivity index (χ0) is 22.5. The normalized spacial score (nSPS) is 20.6. The number of aliphatic hydroxyl groups is 4. The van der Waals surface area contributed by atoms with Gasteiger partial charge >= 0.3 is 0 Å². The third-order valence-corrected chi connectivity index (χ3v) is 5.17. The standard InChI is InChI=1S/C20H38N2O8/c1-14(26)18(13-25)30-20(17(12-24)21-15(2)27)29-10-5-3-4-8-19(28)22-9-6-7-16(22)11-23/h14,16-18,20,23-26H,3-13H2,1-2H3,(H,21,27)/t14-,16+,17+,18?,20?/m1/s1. The average molecular weight is 435 g/mol. The van der Waals surface area contributed by atoms with E-state index in [2.05, 4.69) is 5.32 Å². The fourth-order valence-corrected chi connectivity index (χ4v) is 3.44. The van der Waals surface area contributed by atoms with Crippen molar-refractivity contribution in [2.75, 3.05) is 33.0 Å². The van der Waals surface area contributed by atoms with E-state index in [4.69, 9.17) is 9.47 Å². The van der Waals surface area contributed by atoms with Crippen LogP contribution in [-0.2, 0) is 19.1 Å². The molecule has 0 saturated carbocycles. The van der Waals surface area contributed by atoms with Crippen LogP contribution in [-0.4, -0.2) is 101 Å². The summed E-state index contributed by atoms with van der Waals surface area (Å²) in [5.74, 6) is -0.312. The van der Waals surface area contributed by atoms with Gasteiger partial charge in [-0.15, -0.1) is 0 Å². The Morgan fingerprint density at radius 3 is 2.47 bits per heavy atom. The van der Waals surface area contributed by atoms with Gasteiger partial charge in [0.15, 0.2) is 6.29 Å². The lowest BCUT2D eigenvalue weighted by Gasteiger charge is -2.30. The van der Waals surface area contributed by atoms with Gasteiger partial charge in [-0.2, -0.15) is 0 Å².